The van der Waals surface area contributed by atoms with Crippen molar-refractivity contribution in [1.29, 1.82) is 0 Å². The van der Waals surface area contributed by atoms with Crippen LogP contribution >= 0.6 is 0 Å². The quantitative estimate of drug-likeness (QED) is 0.653. The van der Waals surface area contributed by atoms with E-state index in [1.807, 2.05) is 60.7 Å². The summed E-state index contributed by atoms with van der Waals surface area (Å²) in [5.41, 5.74) is 1.37. The largest absolute Gasteiger partial charge is 0.314 e. The van der Waals surface area contributed by atoms with Gasteiger partial charge in [-0.25, -0.2) is 10.0 Å². The summed E-state index contributed by atoms with van der Waals surface area (Å²) in [6, 6.07) is 18.9. The third kappa shape index (κ3) is 5.72. The molecule has 0 unspecified atom stereocenters. The lowest BCUT2D eigenvalue weighted by molar-refractivity contribution is -0.125. The molecule has 2 heterocycles. The van der Waals surface area contributed by atoms with Crippen LogP contribution in [0.4, 0.5) is 11.4 Å². The molecule has 2 aromatic carbocycles. The zero-order valence-electron chi connectivity index (χ0n) is 18.4. The smallest absolute Gasteiger partial charge is 0.260 e. The highest BCUT2D eigenvalue weighted by Crippen LogP contribution is 2.24. The van der Waals surface area contributed by atoms with E-state index in [-0.39, 0.29) is 24.9 Å². The van der Waals surface area contributed by atoms with Crippen LogP contribution in [0.2, 0.25) is 0 Å². The second-order valence-corrected chi connectivity index (χ2v) is 8.13. The molecule has 0 aliphatic carbocycles. The number of nitrogens with one attached hydrogen (secondary N) is 2. The van der Waals surface area contributed by atoms with Crippen LogP contribution < -0.4 is 20.7 Å². The minimum atomic E-state index is -0.115. The van der Waals surface area contributed by atoms with Crippen LogP contribution in [-0.2, 0) is 9.59 Å². The highest BCUT2D eigenvalue weighted by Gasteiger charge is 2.31. The molecular formula is C24H32N6O2. The van der Waals surface area contributed by atoms with Gasteiger partial charge in [0.15, 0.2) is 0 Å². The number of rotatable bonds is 6. The number of benzene rings is 2. The monoisotopic (exact) mass is 436 g/mol. The SMILES string of the molecule is O=C(CN1CCNCC1)N(c1ccccc1)N(C(=O)CN1CCNCC1)c1ccccc1. The second-order valence-electron chi connectivity index (χ2n) is 8.13. The van der Waals surface area contributed by atoms with Gasteiger partial charge < -0.3 is 10.6 Å². The summed E-state index contributed by atoms with van der Waals surface area (Å²) < 4.78 is 0. The van der Waals surface area contributed by atoms with E-state index in [1.165, 1.54) is 0 Å². The lowest BCUT2D eigenvalue weighted by Gasteiger charge is -2.38. The molecule has 2 aliphatic heterocycles. The molecule has 0 aromatic heterocycles. The van der Waals surface area contributed by atoms with Gasteiger partial charge in [-0.05, 0) is 24.3 Å². The van der Waals surface area contributed by atoms with E-state index < -0.39 is 0 Å². The molecule has 8 nitrogen and oxygen atoms in total. The minimum absolute atomic E-state index is 0.115. The standard InChI is InChI=1S/C24H32N6O2/c31-23(19-27-15-11-25-12-16-27)29(21-7-3-1-4-8-21)30(22-9-5-2-6-10-22)24(32)20-28-17-13-26-14-18-28/h1-10,25-26H,11-20H2. The lowest BCUT2D eigenvalue weighted by atomic mass is 10.2. The van der Waals surface area contributed by atoms with E-state index >= 15 is 0 Å². The number of nitrogens with zero attached hydrogens (tertiary/aromatic N) is 4. The molecule has 0 spiro atoms. The lowest BCUT2D eigenvalue weighted by Crippen LogP contribution is -2.58. The van der Waals surface area contributed by atoms with Crippen LogP contribution in [0.15, 0.2) is 60.7 Å². The van der Waals surface area contributed by atoms with Gasteiger partial charge in [0.1, 0.15) is 0 Å². The van der Waals surface area contributed by atoms with E-state index in [2.05, 4.69) is 20.4 Å². The topological polar surface area (TPSA) is 71.2 Å². The molecule has 0 atom stereocenters. The number of carbonyl (C=O) groups is 2. The van der Waals surface area contributed by atoms with Crippen LogP contribution in [0.25, 0.3) is 0 Å². The minimum Gasteiger partial charge on any atom is -0.314 e. The molecule has 170 valence electrons. The van der Waals surface area contributed by atoms with Gasteiger partial charge in [0.2, 0.25) is 0 Å². The van der Waals surface area contributed by atoms with Gasteiger partial charge in [-0.3, -0.25) is 19.4 Å². The highest BCUT2D eigenvalue weighted by molar-refractivity contribution is 6.07. The molecule has 2 amide bonds. The maximum Gasteiger partial charge on any atom is 0.260 e. The fourth-order valence-corrected chi connectivity index (χ4v) is 4.14. The van der Waals surface area contributed by atoms with E-state index in [1.54, 1.807) is 10.0 Å². The summed E-state index contributed by atoms with van der Waals surface area (Å²) in [6.07, 6.45) is 0. The van der Waals surface area contributed by atoms with Gasteiger partial charge in [-0.1, -0.05) is 36.4 Å². The van der Waals surface area contributed by atoms with Gasteiger partial charge in [0.25, 0.3) is 11.8 Å². The fraction of sp³-hybridized carbons (Fsp3) is 0.417. The first-order valence-corrected chi connectivity index (χ1v) is 11.3. The highest BCUT2D eigenvalue weighted by atomic mass is 16.2. The molecule has 0 radical (unpaired) electrons. The van der Waals surface area contributed by atoms with E-state index in [4.69, 9.17) is 0 Å². The summed E-state index contributed by atoms with van der Waals surface area (Å²) in [4.78, 5) is 31.6. The molecule has 2 N–H and O–H groups in total. The Hall–Kier alpha value is -2.78. The molecule has 2 aliphatic rings. The third-order valence-electron chi connectivity index (χ3n) is 5.81. The van der Waals surface area contributed by atoms with Gasteiger partial charge in [-0.15, -0.1) is 0 Å². The number of hydrogen-bond donors (Lipinski definition) is 2. The summed E-state index contributed by atoms with van der Waals surface area (Å²) in [7, 11) is 0. The first-order valence-electron chi connectivity index (χ1n) is 11.3. The van der Waals surface area contributed by atoms with Crippen molar-refractivity contribution >= 4 is 23.2 Å². The number of amides is 2. The zero-order chi connectivity index (χ0) is 22.2. The Labute approximate surface area is 189 Å². The summed E-state index contributed by atoms with van der Waals surface area (Å²) >= 11 is 0. The van der Waals surface area contributed by atoms with Crippen molar-refractivity contribution in [3.8, 4) is 0 Å². The Morgan fingerprint density at radius 2 is 0.969 bits per heavy atom. The van der Waals surface area contributed by atoms with Gasteiger partial charge >= 0.3 is 0 Å². The molecule has 2 fully saturated rings. The Balaban J connectivity index is 1.65. The number of anilines is 2. The number of piperazine rings is 2. The van der Waals surface area contributed by atoms with Gasteiger partial charge in [-0.2, -0.15) is 0 Å². The molecule has 2 aromatic rings. The van der Waals surface area contributed by atoms with Crippen molar-refractivity contribution in [1.82, 2.24) is 20.4 Å². The Morgan fingerprint density at radius 3 is 1.31 bits per heavy atom. The van der Waals surface area contributed by atoms with E-state index in [0.717, 1.165) is 52.4 Å². The molecule has 4 rings (SSSR count). The van der Waals surface area contributed by atoms with Crippen molar-refractivity contribution in [3.63, 3.8) is 0 Å². The Kier molecular flexibility index (Phi) is 7.84. The molecule has 8 heteroatoms. The Morgan fingerprint density at radius 1 is 0.625 bits per heavy atom. The summed E-state index contributed by atoms with van der Waals surface area (Å²) in [5, 5.41) is 9.75. The average molecular weight is 437 g/mol. The first kappa shape index (κ1) is 22.4. The normalized spacial score (nSPS) is 17.6. The van der Waals surface area contributed by atoms with Gasteiger partial charge in [0.05, 0.1) is 24.5 Å². The average Bonchev–Trinajstić information content (AvgIpc) is 2.84. The number of carbonyl (C=O) groups excluding carboxylic acids is 2. The zero-order valence-corrected chi connectivity index (χ0v) is 18.4. The Bertz CT molecular complexity index is 793. The number of para-hydroxylation sites is 2. The van der Waals surface area contributed by atoms with Crippen molar-refractivity contribution in [2.45, 2.75) is 0 Å². The molecule has 2 saturated heterocycles. The summed E-state index contributed by atoms with van der Waals surface area (Å²) in [6.45, 7) is 7.24. The van der Waals surface area contributed by atoms with Crippen molar-refractivity contribution in [2.75, 3.05) is 75.5 Å². The fourth-order valence-electron chi connectivity index (χ4n) is 4.14. The predicted molar refractivity (Wildman–Crippen MR) is 126 cm³/mol. The van der Waals surface area contributed by atoms with Crippen LogP contribution in [-0.4, -0.2) is 87.1 Å². The maximum atomic E-state index is 13.7. The first-order chi connectivity index (χ1) is 15.7. The van der Waals surface area contributed by atoms with Crippen molar-refractivity contribution in [3.05, 3.63) is 60.7 Å². The molecule has 32 heavy (non-hydrogen) atoms. The number of hydrogen-bond acceptors (Lipinski definition) is 6. The summed E-state index contributed by atoms with van der Waals surface area (Å²) in [5.74, 6) is -0.230. The predicted octanol–water partition coefficient (Wildman–Crippen LogP) is 0.778. The molecule has 0 saturated carbocycles. The van der Waals surface area contributed by atoms with Crippen molar-refractivity contribution in [2.24, 2.45) is 0 Å². The molecular weight excluding hydrogens is 404 g/mol. The van der Waals surface area contributed by atoms with Crippen LogP contribution in [0, 0.1) is 0 Å². The van der Waals surface area contributed by atoms with Crippen LogP contribution in [0.3, 0.4) is 0 Å². The van der Waals surface area contributed by atoms with E-state index in [0.29, 0.717) is 11.4 Å². The second kappa shape index (κ2) is 11.2. The third-order valence-corrected chi connectivity index (χ3v) is 5.81. The van der Waals surface area contributed by atoms with Crippen LogP contribution in [0.5, 0.6) is 0 Å². The van der Waals surface area contributed by atoms with Crippen LogP contribution in [0.1, 0.15) is 0 Å². The van der Waals surface area contributed by atoms with Crippen molar-refractivity contribution < 1.29 is 9.59 Å². The van der Waals surface area contributed by atoms with E-state index in [9.17, 15) is 9.59 Å². The number of hydrazine groups is 1. The van der Waals surface area contributed by atoms with Gasteiger partial charge in [0, 0.05) is 52.4 Å². The maximum absolute atomic E-state index is 13.7. The molecule has 0 bridgehead atoms.